The summed E-state index contributed by atoms with van der Waals surface area (Å²) < 4.78 is 0. The maximum absolute atomic E-state index is 12.5. The first-order valence-electron chi connectivity index (χ1n) is 7.31. The molecule has 0 N–H and O–H groups in total. The van der Waals surface area contributed by atoms with Crippen molar-refractivity contribution in [2.75, 3.05) is 13.1 Å². The number of tetrazole rings is 1. The molecule has 0 saturated heterocycles. The first-order valence-corrected chi connectivity index (χ1v) is 7.31. The number of carbonyl (C=O) groups is 1. The monoisotopic (exact) mass is 299 g/mol. The van der Waals surface area contributed by atoms with Gasteiger partial charge in [0.15, 0.2) is 0 Å². The number of nitrogens with zero attached hydrogens (tertiary/aromatic N) is 5. The summed E-state index contributed by atoms with van der Waals surface area (Å²) in [5, 5.41) is 12.4. The third kappa shape index (κ3) is 3.58. The van der Waals surface area contributed by atoms with Gasteiger partial charge in [-0.2, -0.15) is 4.80 Å². The number of benzene rings is 1. The lowest BCUT2D eigenvalue weighted by molar-refractivity contribution is -0.134. The molecule has 1 aromatic carbocycles. The zero-order valence-electron chi connectivity index (χ0n) is 13.2. The summed E-state index contributed by atoms with van der Waals surface area (Å²) in [5.41, 5.74) is 1.82. The van der Waals surface area contributed by atoms with E-state index in [9.17, 15) is 4.79 Å². The van der Waals surface area contributed by atoms with Crippen molar-refractivity contribution in [1.29, 1.82) is 0 Å². The summed E-state index contributed by atoms with van der Waals surface area (Å²) in [7, 11) is 0. The fourth-order valence-electron chi connectivity index (χ4n) is 2.13. The highest BCUT2D eigenvalue weighted by atomic mass is 16.2. The Morgan fingerprint density at radius 1 is 1.36 bits per heavy atom. The highest BCUT2D eigenvalue weighted by Crippen LogP contribution is 2.15. The molecule has 22 heavy (non-hydrogen) atoms. The molecule has 1 atom stereocenters. The third-order valence-electron chi connectivity index (χ3n) is 3.32. The molecule has 1 amide bonds. The molecule has 0 saturated carbocycles. The minimum Gasteiger partial charge on any atom is -0.337 e. The van der Waals surface area contributed by atoms with Gasteiger partial charge in [0.25, 0.3) is 0 Å². The Labute approximate surface area is 130 Å². The van der Waals surface area contributed by atoms with E-state index in [0.29, 0.717) is 18.9 Å². The Morgan fingerprint density at radius 2 is 2.05 bits per heavy atom. The van der Waals surface area contributed by atoms with Crippen LogP contribution in [0.5, 0.6) is 0 Å². The van der Waals surface area contributed by atoms with Crippen LogP contribution >= 0.6 is 0 Å². The molecule has 0 aliphatic carbocycles. The van der Waals surface area contributed by atoms with Crippen LogP contribution in [-0.2, 0) is 4.79 Å². The second-order valence-electron chi connectivity index (χ2n) is 5.28. The second-order valence-corrected chi connectivity index (χ2v) is 5.28. The fourth-order valence-corrected chi connectivity index (χ4v) is 2.13. The van der Waals surface area contributed by atoms with Crippen molar-refractivity contribution in [3.05, 3.63) is 42.5 Å². The average Bonchev–Trinajstić information content (AvgIpc) is 3.01. The topological polar surface area (TPSA) is 63.9 Å². The van der Waals surface area contributed by atoms with Gasteiger partial charge in [0, 0.05) is 18.7 Å². The Balaban J connectivity index is 2.16. The first kappa shape index (κ1) is 15.9. The van der Waals surface area contributed by atoms with Gasteiger partial charge in [0.1, 0.15) is 6.04 Å². The second kappa shape index (κ2) is 6.98. The Hall–Kier alpha value is -2.50. The summed E-state index contributed by atoms with van der Waals surface area (Å²) in [6, 6.07) is 9.08. The first-order chi connectivity index (χ1) is 10.5. The Morgan fingerprint density at radius 3 is 2.64 bits per heavy atom. The molecule has 0 bridgehead atoms. The van der Waals surface area contributed by atoms with Crippen molar-refractivity contribution in [2.45, 2.75) is 26.8 Å². The van der Waals surface area contributed by atoms with Gasteiger partial charge >= 0.3 is 0 Å². The molecule has 0 aliphatic heterocycles. The van der Waals surface area contributed by atoms with Crippen LogP contribution in [0.1, 0.15) is 26.8 Å². The third-order valence-corrected chi connectivity index (χ3v) is 3.32. The lowest BCUT2D eigenvalue weighted by Crippen LogP contribution is -2.37. The summed E-state index contributed by atoms with van der Waals surface area (Å²) in [5.74, 6) is 0.478. The quantitative estimate of drug-likeness (QED) is 0.768. The molecule has 6 heteroatoms. The lowest BCUT2D eigenvalue weighted by atomic mass is 10.2. The summed E-state index contributed by atoms with van der Waals surface area (Å²) >= 11 is 0. The molecule has 0 radical (unpaired) electrons. The molecule has 116 valence electrons. The van der Waals surface area contributed by atoms with Gasteiger partial charge in [-0.1, -0.05) is 42.5 Å². The van der Waals surface area contributed by atoms with Crippen LogP contribution < -0.4 is 0 Å². The van der Waals surface area contributed by atoms with Gasteiger partial charge in [-0.25, -0.2) is 0 Å². The van der Waals surface area contributed by atoms with Gasteiger partial charge in [0.05, 0.1) is 0 Å². The average molecular weight is 299 g/mol. The molecule has 2 aromatic rings. The zero-order chi connectivity index (χ0) is 16.1. The molecule has 0 fully saturated rings. The van der Waals surface area contributed by atoms with Crippen LogP contribution in [0.4, 0.5) is 0 Å². The number of hydrogen-bond donors (Lipinski definition) is 0. The van der Waals surface area contributed by atoms with E-state index in [1.54, 1.807) is 11.8 Å². The van der Waals surface area contributed by atoms with Crippen LogP contribution in [0.15, 0.2) is 42.5 Å². The number of aromatic nitrogens is 4. The molecule has 1 heterocycles. The van der Waals surface area contributed by atoms with Crippen LogP contribution in [0.2, 0.25) is 0 Å². The van der Waals surface area contributed by atoms with Crippen molar-refractivity contribution in [2.24, 2.45) is 0 Å². The van der Waals surface area contributed by atoms with Crippen LogP contribution in [0.25, 0.3) is 11.4 Å². The highest BCUT2D eigenvalue weighted by Gasteiger charge is 2.23. The van der Waals surface area contributed by atoms with E-state index in [-0.39, 0.29) is 5.91 Å². The van der Waals surface area contributed by atoms with E-state index in [2.05, 4.69) is 22.0 Å². The maximum Gasteiger partial charge on any atom is 0.249 e. The molecule has 2 rings (SSSR count). The zero-order valence-corrected chi connectivity index (χ0v) is 13.2. The van der Waals surface area contributed by atoms with E-state index >= 15 is 0 Å². The van der Waals surface area contributed by atoms with E-state index in [0.717, 1.165) is 11.1 Å². The van der Waals surface area contributed by atoms with Crippen molar-refractivity contribution in [3.63, 3.8) is 0 Å². The summed E-state index contributed by atoms with van der Waals surface area (Å²) in [4.78, 5) is 15.6. The number of hydrogen-bond acceptors (Lipinski definition) is 4. The largest absolute Gasteiger partial charge is 0.337 e. The minimum absolute atomic E-state index is 0.0393. The van der Waals surface area contributed by atoms with Gasteiger partial charge in [-0.05, 0) is 26.0 Å². The minimum atomic E-state index is -0.496. The van der Waals surface area contributed by atoms with E-state index in [1.165, 1.54) is 4.80 Å². The predicted octanol–water partition coefficient (Wildman–Crippen LogP) is 2.33. The van der Waals surface area contributed by atoms with Gasteiger partial charge in [-0.3, -0.25) is 4.79 Å². The molecular formula is C16H21N5O. The molecule has 1 unspecified atom stereocenters. The normalized spacial score (nSPS) is 12.0. The smallest absolute Gasteiger partial charge is 0.249 e. The maximum atomic E-state index is 12.5. The van der Waals surface area contributed by atoms with E-state index in [4.69, 9.17) is 0 Å². The highest BCUT2D eigenvalue weighted by molar-refractivity contribution is 5.80. The summed E-state index contributed by atoms with van der Waals surface area (Å²) in [6.45, 7) is 10.6. The molecule has 0 spiro atoms. The fraction of sp³-hybridized carbons (Fsp3) is 0.375. The number of likely N-dealkylation sites (N-methyl/N-ethyl adjacent to an activating group) is 1. The van der Waals surface area contributed by atoms with Crippen molar-refractivity contribution < 1.29 is 4.79 Å². The van der Waals surface area contributed by atoms with Gasteiger partial charge in [-0.15, -0.1) is 10.2 Å². The van der Waals surface area contributed by atoms with Crippen LogP contribution in [-0.4, -0.2) is 44.1 Å². The Bertz CT molecular complexity index is 650. The van der Waals surface area contributed by atoms with Crippen molar-refractivity contribution in [1.82, 2.24) is 25.1 Å². The van der Waals surface area contributed by atoms with Crippen molar-refractivity contribution >= 4 is 5.91 Å². The molecular weight excluding hydrogens is 278 g/mol. The van der Waals surface area contributed by atoms with Crippen LogP contribution in [0.3, 0.4) is 0 Å². The lowest BCUT2D eigenvalue weighted by Gasteiger charge is -2.23. The van der Waals surface area contributed by atoms with Crippen molar-refractivity contribution in [3.8, 4) is 11.4 Å². The van der Waals surface area contributed by atoms with E-state index in [1.807, 2.05) is 44.2 Å². The predicted molar refractivity (Wildman–Crippen MR) is 85.0 cm³/mol. The molecule has 1 aromatic heterocycles. The standard InChI is InChI=1S/C16H21N5O/c1-5-20(11-12(2)3)16(22)13(4)21-18-15(17-19-21)14-9-7-6-8-10-14/h6-10,13H,2,5,11H2,1,3-4H3. The van der Waals surface area contributed by atoms with Gasteiger partial charge in [0.2, 0.25) is 11.7 Å². The Kier molecular flexibility index (Phi) is 5.04. The number of rotatable bonds is 6. The molecule has 0 aliphatic rings. The SMILES string of the molecule is C=C(C)CN(CC)C(=O)C(C)n1nnc(-c2ccccc2)n1. The van der Waals surface area contributed by atoms with Gasteiger partial charge < -0.3 is 4.90 Å². The molecule has 6 nitrogen and oxygen atoms in total. The summed E-state index contributed by atoms with van der Waals surface area (Å²) in [6.07, 6.45) is 0. The number of carbonyl (C=O) groups excluding carboxylic acids is 1. The van der Waals surface area contributed by atoms with Crippen LogP contribution in [0, 0.1) is 0 Å². The van der Waals surface area contributed by atoms with E-state index < -0.39 is 6.04 Å². The number of amides is 1.